The summed E-state index contributed by atoms with van der Waals surface area (Å²) in [6.07, 6.45) is 1.84. The Morgan fingerprint density at radius 3 is 2.26 bits per heavy atom. The first-order valence-corrected chi connectivity index (χ1v) is 12.7. The van der Waals surface area contributed by atoms with Gasteiger partial charge in [0.25, 0.3) is 0 Å². The van der Waals surface area contributed by atoms with Crippen molar-refractivity contribution < 1.29 is 14.7 Å². The summed E-state index contributed by atoms with van der Waals surface area (Å²) in [6, 6.07) is 32.4. The number of aryl methyl sites for hydroxylation is 1. The molecule has 194 valence electrons. The minimum Gasteiger partial charge on any atom is -0.478 e. The van der Waals surface area contributed by atoms with Crippen molar-refractivity contribution in [1.82, 2.24) is 20.6 Å². The van der Waals surface area contributed by atoms with E-state index in [1.54, 1.807) is 23.1 Å². The second kappa shape index (κ2) is 12.0. The number of benzene rings is 4. The standard InChI is InChI=1S/C31H27N5O3/c37-29(15-6-10-22-8-2-1-3-9-22)36(26-12-7-11-25(20-26)31(38)39)21-23-16-18-24(19-17-23)27-13-4-5-14-28(27)30-32-34-35-33-30/h1-5,7-9,11-14,16-20H,6,10,15,21H2,(H,38,39)(H,32,33,34,35). The number of carbonyl (C=O) groups excluding carboxylic acids is 1. The fraction of sp³-hybridized carbons (Fsp3) is 0.129. The zero-order valence-corrected chi connectivity index (χ0v) is 21.2. The Labute approximate surface area is 226 Å². The van der Waals surface area contributed by atoms with Crippen molar-refractivity contribution in [2.75, 3.05) is 4.90 Å². The van der Waals surface area contributed by atoms with E-state index in [4.69, 9.17) is 0 Å². The smallest absolute Gasteiger partial charge is 0.335 e. The van der Waals surface area contributed by atoms with Crippen molar-refractivity contribution in [3.63, 3.8) is 0 Å². The second-order valence-corrected chi connectivity index (χ2v) is 9.17. The van der Waals surface area contributed by atoms with Crippen LogP contribution in [0.5, 0.6) is 0 Å². The van der Waals surface area contributed by atoms with Gasteiger partial charge in [0, 0.05) is 17.7 Å². The summed E-state index contributed by atoms with van der Waals surface area (Å²) in [5.74, 6) is -0.501. The molecule has 0 spiro atoms. The van der Waals surface area contributed by atoms with E-state index in [-0.39, 0.29) is 11.5 Å². The van der Waals surface area contributed by atoms with Crippen LogP contribution in [0.4, 0.5) is 5.69 Å². The number of carboxylic acids is 1. The van der Waals surface area contributed by atoms with Gasteiger partial charge in [-0.15, -0.1) is 5.10 Å². The van der Waals surface area contributed by atoms with Gasteiger partial charge in [-0.25, -0.2) is 9.89 Å². The summed E-state index contributed by atoms with van der Waals surface area (Å²) in [6.45, 7) is 0.321. The van der Waals surface area contributed by atoms with E-state index >= 15 is 0 Å². The van der Waals surface area contributed by atoms with Crippen molar-refractivity contribution in [3.05, 3.63) is 120 Å². The van der Waals surface area contributed by atoms with Crippen LogP contribution in [0.15, 0.2) is 103 Å². The molecule has 0 aliphatic rings. The summed E-state index contributed by atoms with van der Waals surface area (Å²) in [5, 5.41) is 23.7. The molecule has 1 heterocycles. The molecule has 0 saturated heterocycles. The number of nitrogens with one attached hydrogen (secondary N) is 1. The number of anilines is 1. The maximum absolute atomic E-state index is 13.4. The number of aromatic carboxylic acids is 1. The monoisotopic (exact) mass is 517 g/mol. The number of rotatable bonds is 10. The van der Waals surface area contributed by atoms with Crippen LogP contribution in [0.1, 0.15) is 34.3 Å². The van der Waals surface area contributed by atoms with E-state index in [1.165, 1.54) is 11.6 Å². The number of tetrazole rings is 1. The molecule has 1 amide bonds. The van der Waals surface area contributed by atoms with Gasteiger partial charge in [0.15, 0.2) is 5.82 Å². The maximum Gasteiger partial charge on any atom is 0.335 e. The van der Waals surface area contributed by atoms with Crippen LogP contribution in [-0.2, 0) is 17.8 Å². The highest BCUT2D eigenvalue weighted by Crippen LogP contribution is 2.30. The van der Waals surface area contributed by atoms with Crippen LogP contribution >= 0.6 is 0 Å². The Bertz CT molecular complexity index is 1550. The Kier molecular flexibility index (Phi) is 7.83. The lowest BCUT2D eigenvalue weighted by Crippen LogP contribution is -2.30. The first-order valence-electron chi connectivity index (χ1n) is 12.7. The van der Waals surface area contributed by atoms with Crippen LogP contribution < -0.4 is 4.90 Å². The number of carboxylic acid groups (broad SMARTS) is 1. The van der Waals surface area contributed by atoms with Crippen LogP contribution in [0.25, 0.3) is 22.5 Å². The topological polar surface area (TPSA) is 112 Å². The summed E-state index contributed by atoms with van der Waals surface area (Å²) in [5.41, 5.74) is 5.66. The molecule has 0 atom stereocenters. The fourth-order valence-corrected chi connectivity index (χ4v) is 4.54. The van der Waals surface area contributed by atoms with E-state index in [0.29, 0.717) is 30.9 Å². The molecule has 8 nitrogen and oxygen atoms in total. The maximum atomic E-state index is 13.4. The Morgan fingerprint density at radius 2 is 1.54 bits per heavy atom. The summed E-state index contributed by atoms with van der Waals surface area (Å²) >= 11 is 0. The molecular formula is C31H27N5O3. The molecule has 0 aliphatic heterocycles. The zero-order valence-electron chi connectivity index (χ0n) is 21.2. The Morgan fingerprint density at radius 1 is 0.795 bits per heavy atom. The summed E-state index contributed by atoms with van der Waals surface area (Å²) in [4.78, 5) is 26.7. The molecule has 4 aromatic carbocycles. The molecule has 0 fully saturated rings. The number of amides is 1. The van der Waals surface area contributed by atoms with Crippen LogP contribution in [0, 0.1) is 0 Å². The van der Waals surface area contributed by atoms with Gasteiger partial charge in [-0.2, -0.15) is 0 Å². The van der Waals surface area contributed by atoms with Crippen molar-refractivity contribution >= 4 is 17.6 Å². The number of H-pyrrole nitrogens is 1. The van der Waals surface area contributed by atoms with Gasteiger partial charge in [0.1, 0.15) is 0 Å². The van der Waals surface area contributed by atoms with E-state index in [9.17, 15) is 14.7 Å². The highest BCUT2D eigenvalue weighted by molar-refractivity contribution is 5.95. The third-order valence-corrected chi connectivity index (χ3v) is 6.54. The first-order chi connectivity index (χ1) is 19.1. The molecular weight excluding hydrogens is 490 g/mol. The highest BCUT2D eigenvalue weighted by atomic mass is 16.4. The predicted molar refractivity (Wildman–Crippen MR) is 149 cm³/mol. The van der Waals surface area contributed by atoms with Crippen molar-refractivity contribution in [2.24, 2.45) is 0 Å². The van der Waals surface area contributed by atoms with Crippen LogP contribution in [-0.4, -0.2) is 37.6 Å². The SMILES string of the molecule is O=C(O)c1cccc(N(Cc2ccc(-c3ccccc3-c3nnn[nH]3)cc2)C(=O)CCCc2ccccc2)c1. The average Bonchev–Trinajstić information content (AvgIpc) is 3.52. The minimum atomic E-state index is -1.03. The quantitative estimate of drug-likeness (QED) is 0.243. The van der Waals surface area contributed by atoms with Gasteiger partial charge >= 0.3 is 5.97 Å². The lowest BCUT2D eigenvalue weighted by atomic mass is 9.98. The predicted octanol–water partition coefficient (Wildman–Crippen LogP) is 5.79. The third-order valence-electron chi connectivity index (χ3n) is 6.54. The number of hydrogen-bond acceptors (Lipinski definition) is 5. The number of nitrogens with zero attached hydrogens (tertiary/aromatic N) is 4. The number of hydrogen-bond donors (Lipinski definition) is 2. The lowest BCUT2D eigenvalue weighted by molar-refractivity contribution is -0.118. The second-order valence-electron chi connectivity index (χ2n) is 9.17. The van der Waals surface area contributed by atoms with Gasteiger partial charge in [0.05, 0.1) is 12.1 Å². The first kappa shape index (κ1) is 25.5. The Balaban J connectivity index is 1.37. The largest absolute Gasteiger partial charge is 0.478 e. The number of aromatic nitrogens is 4. The molecule has 0 aliphatic carbocycles. The van der Waals surface area contributed by atoms with Crippen molar-refractivity contribution in [3.8, 4) is 22.5 Å². The molecule has 39 heavy (non-hydrogen) atoms. The molecule has 2 N–H and O–H groups in total. The number of carbonyl (C=O) groups is 2. The average molecular weight is 518 g/mol. The van der Waals surface area contributed by atoms with E-state index in [0.717, 1.165) is 28.7 Å². The molecule has 0 saturated carbocycles. The zero-order chi connectivity index (χ0) is 27.0. The summed E-state index contributed by atoms with van der Waals surface area (Å²) < 4.78 is 0. The number of aromatic amines is 1. The van der Waals surface area contributed by atoms with Crippen molar-refractivity contribution in [1.29, 1.82) is 0 Å². The molecule has 0 radical (unpaired) electrons. The van der Waals surface area contributed by atoms with Gasteiger partial charge in [0.2, 0.25) is 5.91 Å². The molecule has 0 unspecified atom stereocenters. The van der Waals surface area contributed by atoms with E-state index < -0.39 is 5.97 Å². The highest BCUT2D eigenvalue weighted by Gasteiger charge is 2.18. The Hall–Kier alpha value is -5.11. The molecule has 8 heteroatoms. The molecule has 5 rings (SSSR count). The normalized spacial score (nSPS) is 10.8. The van der Waals surface area contributed by atoms with Gasteiger partial charge < -0.3 is 10.0 Å². The van der Waals surface area contributed by atoms with Crippen LogP contribution in [0.2, 0.25) is 0 Å². The van der Waals surface area contributed by atoms with Gasteiger partial charge in [-0.1, -0.05) is 84.9 Å². The molecule has 0 bridgehead atoms. The lowest BCUT2D eigenvalue weighted by Gasteiger charge is -2.24. The fourth-order valence-electron chi connectivity index (χ4n) is 4.54. The van der Waals surface area contributed by atoms with E-state index in [1.807, 2.05) is 66.7 Å². The summed E-state index contributed by atoms with van der Waals surface area (Å²) in [7, 11) is 0. The molecule has 5 aromatic rings. The third kappa shape index (κ3) is 6.24. The van der Waals surface area contributed by atoms with E-state index in [2.05, 4.69) is 32.8 Å². The van der Waals surface area contributed by atoms with Gasteiger partial charge in [-0.3, -0.25) is 4.79 Å². The van der Waals surface area contributed by atoms with Crippen molar-refractivity contribution in [2.45, 2.75) is 25.8 Å². The minimum absolute atomic E-state index is 0.0549. The molecule has 1 aromatic heterocycles. The van der Waals surface area contributed by atoms with Gasteiger partial charge in [-0.05, 0) is 63.7 Å². The van der Waals surface area contributed by atoms with Crippen LogP contribution in [0.3, 0.4) is 0 Å².